The number of Topliss-reactive ketones (excluding diaryl/α,β-unsaturated/α-hetero) is 1. The maximum absolute atomic E-state index is 13.0. The molecule has 1 saturated heterocycles. The summed E-state index contributed by atoms with van der Waals surface area (Å²) in [5, 5.41) is 11.2. The molecule has 6 heteroatoms. The van der Waals surface area contributed by atoms with E-state index in [1.165, 1.54) is 12.0 Å². The Morgan fingerprint density at radius 1 is 1.24 bits per heavy atom. The van der Waals surface area contributed by atoms with Crippen LogP contribution in [0, 0.1) is 13.8 Å². The van der Waals surface area contributed by atoms with Crippen LogP contribution in [-0.4, -0.2) is 40.3 Å². The van der Waals surface area contributed by atoms with Gasteiger partial charge < -0.3 is 14.7 Å². The fourth-order valence-electron chi connectivity index (χ4n) is 3.83. The Labute approximate surface area is 170 Å². The summed E-state index contributed by atoms with van der Waals surface area (Å²) < 4.78 is 5.49. The van der Waals surface area contributed by atoms with Crippen LogP contribution in [-0.2, 0) is 9.59 Å². The number of hydrogen-bond acceptors (Lipinski definition) is 5. The van der Waals surface area contributed by atoms with E-state index in [0.29, 0.717) is 23.6 Å². The zero-order valence-electron chi connectivity index (χ0n) is 17.2. The molecule has 1 aliphatic heterocycles. The highest BCUT2D eigenvalue weighted by Crippen LogP contribution is 2.41. The van der Waals surface area contributed by atoms with Crippen LogP contribution in [0.2, 0.25) is 0 Å². The third kappa shape index (κ3) is 3.75. The molecule has 0 bridgehead atoms. The molecule has 2 heterocycles. The zero-order chi connectivity index (χ0) is 21.1. The Bertz CT molecular complexity index is 966. The van der Waals surface area contributed by atoms with Gasteiger partial charge in [0.25, 0.3) is 11.7 Å². The number of likely N-dealkylation sites (tertiary alicyclic amines) is 1. The lowest BCUT2D eigenvalue weighted by Gasteiger charge is -2.24. The first-order valence-corrected chi connectivity index (χ1v) is 9.75. The molecule has 1 amide bonds. The van der Waals surface area contributed by atoms with Gasteiger partial charge in [0.1, 0.15) is 17.6 Å². The molecule has 1 unspecified atom stereocenters. The molecule has 0 saturated carbocycles. The van der Waals surface area contributed by atoms with E-state index < -0.39 is 17.7 Å². The van der Waals surface area contributed by atoms with Gasteiger partial charge in [0.05, 0.1) is 23.9 Å². The lowest BCUT2D eigenvalue weighted by molar-refractivity contribution is -0.140. The molecule has 1 N–H and O–H groups in total. The van der Waals surface area contributed by atoms with Gasteiger partial charge in [-0.1, -0.05) is 25.5 Å². The fraction of sp³-hybridized carbons (Fsp3) is 0.348. The van der Waals surface area contributed by atoms with Crippen molar-refractivity contribution in [2.24, 2.45) is 0 Å². The molecule has 3 rings (SSSR count). The van der Waals surface area contributed by atoms with Crippen LogP contribution in [0.4, 0.5) is 0 Å². The predicted molar refractivity (Wildman–Crippen MR) is 111 cm³/mol. The summed E-state index contributed by atoms with van der Waals surface area (Å²) in [6.45, 7) is 6.22. The average molecular weight is 394 g/mol. The van der Waals surface area contributed by atoms with Gasteiger partial charge in [-0.2, -0.15) is 0 Å². The summed E-state index contributed by atoms with van der Waals surface area (Å²) in [5.74, 6) is -1.07. The van der Waals surface area contributed by atoms with Crippen molar-refractivity contribution >= 4 is 17.4 Å². The lowest BCUT2D eigenvalue weighted by atomic mass is 9.95. The number of ether oxygens (including phenoxy) is 1. The molecule has 1 aromatic heterocycles. The molecule has 2 aromatic rings. The molecule has 1 fully saturated rings. The molecule has 0 radical (unpaired) electrons. The molecule has 152 valence electrons. The van der Waals surface area contributed by atoms with Crippen LogP contribution in [0.1, 0.15) is 48.2 Å². The zero-order valence-corrected chi connectivity index (χ0v) is 17.2. The number of aromatic nitrogens is 1. The second kappa shape index (κ2) is 8.47. The summed E-state index contributed by atoms with van der Waals surface area (Å²) in [6, 6.07) is 8.31. The van der Waals surface area contributed by atoms with Gasteiger partial charge in [-0.3, -0.25) is 14.6 Å². The number of nitrogens with zero attached hydrogens (tertiary/aromatic N) is 2. The van der Waals surface area contributed by atoms with E-state index >= 15 is 0 Å². The van der Waals surface area contributed by atoms with Gasteiger partial charge in [0.2, 0.25) is 0 Å². The number of carbonyl (C=O) groups excluding carboxylic acids is 2. The van der Waals surface area contributed by atoms with E-state index in [1.54, 1.807) is 30.5 Å². The van der Waals surface area contributed by atoms with Crippen molar-refractivity contribution in [1.82, 2.24) is 9.88 Å². The number of aliphatic hydroxyl groups excluding tert-OH is 1. The molecule has 1 atom stereocenters. The number of aryl methyl sites for hydroxylation is 2. The second-order valence-electron chi connectivity index (χ2n) is 7.26. The van der Waals surface area contributed by atoms with E-state index in [4.69, 9.17) is 4.74 Å². The topological polar surface area (TPSA) is 79.7 Å². The van der Waals surface area contributed by atoms with Gasteiger partial charge in [0.15, 0.2) is 0 Å². The van der Waals surface area contributed by atoms with Crippen molar-refractivity contribution in [2.75, 3.05) is 13.7 Å². The third-order valence-corrected chi connectivity index (χ3v) is 5.14. The number of amides is 1. The molecule has 29 heavy (non-hydrogen) atoms. The lowest BCUT2D eigenvalue weighted by Crippen LogP contribution is -2.31. The van der Waals surface area contributed by atoms with Crippen LogP contribution >= 0.6 is 0 Å². The second-order valence-corrected chi connectivity index (χ2v) is 7.26. The Morgan fingerprint density at radius 3 is 2.62 bits per heavy atom. The predicted octanol–water partition coefficient (Wildman–Crippen LogP) is 3.93. The molecule has 1 aromatic carbocycles. The van der Waals surface area contributed by atoms with Crippen LogP contribution in [0.3, 0.4) is 0 Å². The maximum atomic E-state index is 13.0. The molecular formula is C23H26N2O4. The van der Waals surface area contributed by atoms with Gasteiger partial charge in [-0.05, 0) is 49.6 Å². The highest BCUT2D eigenvalue weighted by atomic mass is 16.5. The van der Waals surface area contributed by atoms with Gasteiger partial charge in [-0.15, -0.1) is 0 Å². The van der Waals surface area contributed by atoms with E-state index in [9.17, 15) is 14.7 Å². The fourth-order valence-corrected chi connectivity index (χ4v) is 3.83. The van der Waals surface area contributed by atoms with Crippen LogP contribution in [0.25, 0.3) is 5.76 Å². The summed E-state index contributed by atoms with van der Waals surface area (Å²) in [7, 11) is 1.52. The standard InChI is InChI=1S/C23H26N2O4/c1-5-6-11-25-19(17-9-7-8-10-24-17)18(21(27)23(25)28)20(26)16-13-14(2)12-15(3)22(16)29-4/h7-10,12-13,19,26H,5-6,11H2,1-4H3/b20-18+. The van der Waals surface area contributed by atoms with E-state index in [1.807, 2.05) is 26.8 Å². The molecule has 6 nitrogen and oxygen atoms in total. The van der Waals surface area contributed by atoms with Crippen molar-refractivity contribution in [2.45, 2.75) is 39.7 Å². The SMILES string of the molecule is CCCCN1C(=O)C(=O)/C(=C(/O)c2cc(C)cc(C)c2OC)C1c1ccccn1. The van der Waals surface area contributed by atoms with Crippen molar-refractivity contribution < 1.29 is 19.4 Å². The van der Waals surface area contributed by atoms with Gasteiger partial charge in [-0.25, -0.2) is 0 Å². The number of rotatable bonds is 6. The molecule has 0 aliphatic carbocycles. The van der Waals surface area contributed by atoms with Crippen LogP contribution in [0.15, 0.2) is 42.1 Å². The largest absolute Gasteiger partial charge is 0.507 e. The third-order valence-electron chi connectivity index (χ3n) is 5.14. The number of hydrogen-bond donors (Lipinski definition) is 1. The molecular weight excluding hydrogens is 368 g/mol. The number of unbranched alkanes of at least 4 members (excludes halogenated alkanes) is 1. The molecule has 1 aliphatic rings. The average Bonchev–Trinajstić information content (AvgIpc) is 2.96. The summed E-state index contributed by atoms with van der Waals surface area (Å²) in [6.07, 6.45) is 3.25. The minimum Gasteiger partial charge on any atom is -0.507 e. The first-order valence-electron chi connectivity index (χ1n) is 9.75. The van der Waals surface area contributed by atoms with E-state index in [-0.39, 0.29) is 11.3 Å². The van der Waals surface area contributed by atoms with Crippen LogP contribution in [0.5, 0.6) is 5.75 Å². The Hall–Kier alpha value is -3.15. The molecule has 0 spiro atoms. The number of methoxy groups -OCH3 is 1. The first-order chi connectivity index (χ1) is 13.9. The minimum atomic E-state index is -0.728. The quantitative estimate of drug-likeness (QED) is 0.456. The summed E-state index contributed by atoms with van der Waals surface area (Å²) in [5.41, 5.74) is 2.75. The van der Waals surface area contributed by atoms with Crippen LogP contribution < -0.4 is 4.74 Å². The van der Waals surface area contributed by atoms with Gasteiger partial charge >= 0.3 is 0 Å². The number of benzene rings is 1. The monoisotopic (exact) mass is 394 g/mol. The van der Waals surface area contributed by atoms with E-state index in [2.05, 4.69) is 4.98 Å². The number of pyridine rings is 1. The minimum absolute atomic E-state index is 0.0492. The maximum Gasteiger partial charge on any atom is 0.295 e. The Kier molecular flexibility index (Phi) is 6.01. The normalized spacial score (nSPS) is 18.3. The number of aliphatic hydroxyl groups is 1. The number of carbonyl (C=O) groups is 2. The highest BCUT2D eigenvalue weighted by Gasteiger charge is 2.46. The van der Waals surface area contributed by atoms with Gasteiger partial charge in [0, 0.05) is 12.7 Å². The Morgan fingerprint density at radius 2 is 2.00 bits per heavy atom. The van der Waals surface area contributed by atoms with Crippen molar-refractivity contribution in [3.63, 3.8) is 0 Å². The summed E-state index contributed by atoms with van der Waals surface area (Å²) >= 11 is 0. The first kappa shape index (κ1) is 20.6. The van der Waals surface area contributed by atoms with E-state index in [0.717, 1.165) is 24.0 Å². The van der Waals surface area contributed by atoms with Crippen molar-refractivity contribution in [3.05, 3.63) is 64.5 Å². The highest BCUT2D eigenvalue weighted by molar-refractivity contribution is 6.46. The Balaban J connectivity index is 2.24. The number of ketones is 1. The smallest absolute Gasteiger partial charge is 0.295 e. The van der Waals surface area contributed by atoms with Crippen molar-refractivity contribution in [3.8, 4) is 5.75 Å². The summed E-state index contributed by atoms with van der Waals surface area (Å²) in [4.78, 5) is 31.6. The van der Waals surface area contributed by atoms with Crippen molar-refractivity contribution in [1.29, 1.82) is 0 Å².